The maximum Gasteiger partial charge on any atom is 0.312 e. The van der Waals surface area contributed by atoms with E-state index in [4.69, 9.17) is 9.47 Å². The molecule has 0 aliphatic carbocycles. The molecule has 24 heavy (non-hydrogen) atoms. The highest BCUT2D eigenvalue weighted by Crippen LogP contribution is 2.37. The van der Waals surface area contributed by atoms with Gasteiger partial charge < -0.3 is 19.7 Å². The Hall–Kier alpha value is -1.79. The van der Waals surface area contributed by atoms with Crippen LogP contribution in [0.3, 0.4) is 0 Å². The molecule has 134 valence electrons. The number of hydrogen-bond donors (Lipinski definition) is 2. The van der Waals surface area contributed by atoms with Gasteiger partial charge in [0.2, 0.25) is 0 Å². The quantitative estimate of drug-likeness (QED) is 0.794. The first-order valence-corrected chi connectivity index (χ1v) is 8.31. The average Bonchev–Trinajstić information content (AvgIpc) is 2.56. The monoisotopic (exact) mass is 337 g/mol. The highest BCUT2D eigenvalue weighted by molar-refractivity contribution is 5.75. The van der Waals surface area contributed by atoms with Crippen LogP contribution in [0.15, 0.2) is 18.2 Å². The first kappa shape index (κ1) is 18.5. The molecule has 1 fully saturated rings. The summed E-state index contributed by atoms with van der Waals surface area (Å²) in [4.78, 5) is 13.8. The summed E-state index contributed by atoms with van der Waals surface area (Å²) in [5, 5.41) is 20.1. The molecule has 0 saturated carbocycles. The van der Waals surface area contributed by atoms with Crippen molar-refractivity contribution in [1.29, 1.82) is 0 Å². The number of hydrogen-bond acceptors (Lipinski definition) is 5. The van der Waals surface area contributed by atoms with Crippen molar-refractivity contribution < 1.29 is 24.5 Å². The molecule has 2 atom stereocenters. The zero-order valence-corrected chi connectivity index (χ0v) is 14.6. The molecule has 6 nitrogen and oxygen atoms in total. The predicted molar refractivity (Wildman–Crippen MR) is 90.4 cm³/mol. The van der Waals surface area contributed by atoms with Crippen LogP contribution in [0.4, 0.5) is 0 Å². The lowest BCUT2D eigenvalue weighted by molar-refractivity contribution is -0.164. The molecule has 1 aromatic carbocycles. The molecule has 2 rings (SSSR count). The Morgan fingerprint density at radius 1 is 1.29 bits per heavy atom. The summed E-state index contributed by atoms with van der Waals surface area (Å²) in [6.45, 7) is 3.56. The van der Waals surface area contributed by atoms with Gasteiger partial charge in [-0.25, -0.2) is 0 Å². The fourth-order valence-electron chi connectivity index (χ4n) is 3.49. The van der Waals surface area contributed by atoms with Crippen LogP contribution in [0.1, 0.15) is 31.7 Å². The van der Waals surface area contributed by atoms with E-state index in [-0.39, 0.29) is 0 Å². The van der Waals surface area contributed by atoms with E-state index in [9.17, 15) is 15.0 Å². The summed E-state index contributed by atoms with van der Waals surface area (Å²) in [7, 11) is 3.21. The highest BCUT2D eigenvalue weighted by Gasteiger charge is 2.47. The van der Waals surface area contributed by atoms with Crippen LogP contribution in [0.2, 0.25) is 0 Å². The fourth-order valence-corrected chi connectivity index (χ4v) is 3.49. The van der Waals surface area contributed by atoms with Gasteiger partial charge in [0.05, 0.1) is 25.7 Å². The Morgan fingerprint density at radius 3 is 2.38 bits per heavy atom. The zero-order valence-electron chi connectivity index (χ0n) is 14.6. The van der Waals surface area contributed by atoms with Crippen LogP contribution in [0, 0.1) is 5.41 Å². The zero-order chi connectivity index (χ0) is 17.7. The fraction of sp³-hybridized carbons (Fsp3) is 0.611. The molecule has 1 heterocycles. The van der Waals surface area contributed by atoms with Gasteiger partial charge in [-0.05, 0) is 37.1 Å². The molecule has 0 spiro atoms. The van der Waals surface area contributed by atoms with Gasteiger partial charge in [0.25, 0.3) is 0 Å². The molecule has 2 N–H and O–H groups in total. The third-order valence-electron chi connectivity index (χ3n) is 4.88. The Labute approximate surface area is 143 Å². The molecule has 1 aromatic rings. The van der Waals surface area contributed by atoms with Gasteiger partial charge in [0.1, 0.15) is 11.5 Å². The van der Waals surface area contributed by atoms with E-state index in [1.807, 2.05) is 25.1 Å². The second-order valence-electron chi connectivity index (χ2n) is 6.43. The lowest BCUT2D eigenvalue weighted by Gasteiger charge is -2.42. The van der Waals surface area contributed by atoms with E-state index in [0.717, 1.165) is 12.0 Å². The molecular weight excluding hydrogens is 310 g/mol. The smallest absolute Gasteiger partial charge is 0.312 e. The Kier molecular flexibility index (Phi) is 6.07. The lowest BCUT2D eigenvalue weighted by atomic mass is 9.73. The molecule has 6 heteroatoms. The Balaban J connectivity index is 2.10. The number of aliphatic carboxylic acids is 1. The standard InChI is InChI=1S/C18H27NO5/c1-4-5-18(17(21)22)6-7-19(12-16(18)20)11-13-8-14(23-2)10-15(9-13)24-3/h8-10,16,20H,4-7,11-12H2,1-3H3,(H,21,22)/t16?,18-/m0/s1. The molecule has 1 unspecified atom stereocenters. The van der Waals surface area contributed by atoms with Crippen LogP contribution in [0.5, 0.6) is 11.5 Å². The molecule has 1 aliphatic heterocycles. The topological polar surface area (TPSA) is 79.2 Å². The van der Waals surface area contributed by atoms with Crippen molar-refractivity contribution in [1.82, 2.24) is 4.90 Å². The van der Waals surface area contributed by atoms with Crippen molar-refractivity contribution in [2.45, 2.75) is 38.8 Å². The number of aliphatic hydroxyl groups excluding tert-OH is 1. The molecule has 0 aromatic heterocycles. The Morgan fingerprint density at radius 2 is 1.92 bits per heavy atom. The third-order valence-corrected chi connectivity index (χ3v) is 4.88. The van der Waals surface area contributed by atoms with E-state index in [0.29, 0.717) is 44.0 Å². The maximum absolute atomic E-state index is 11.7. The van der Waals surface area contributed by atoms with Gasteiger partial charge >= 0.3 is 5.97 Å². The minimum atomic E-state index is -1.02. The molecule has 0 amide bonds. The molecular formula is C18H27NO5. The predicted octanol–water partition coefficient (Wildman–Crippen LogP) is 2.14. The number of carboxylic acids is 1. The van der Waals surface area contributed by atoms with Crippen molar-refractivity contribution in [2.24, 2.45) is 5.41 Å². The number of methoxy groups -OCH3 is 2. The maximum atomic E-state index is 11.7. The number of nitrogens with zero attached hydrogens (tertiary/aromatic N) is 1. The highest BCUT2D eigenvalue weighted by atomic mass is 16.5. The second kappa shape index (κ2) is 7.85. The summed E-state index contributed by atoms with van der Waals surface area (Å²) >= 11 is 0. The van der Waals surface area contributed by atoms with Gasteiger partial charge in [-0.3, -0.25) is 9.69 Å². The third kappa shape index (κ3) is 3.82. The number of carboxylic acid groups (broad SMARTS) is 1. The van der Waals surface area contributed by atoms with Gasteiger partial charge in [-0.2, -0.15) is 0 Å². The molecule has 0 radical (unpaired) electrons. The summed E-state index contributed by atoms with van der Waals surface area (Å²) in [5.41, 5.74) is -0.00570. The van der Waals surface area contributed by atoms with E-state index >= 15 is 0 Å². The van der Waals surface area contributed by atoms with E-state index in [2.05, 4.69) is 4.90 Å². The summed E-state index contributed by atoms with van der Waals surface area (Å²) in [6, 6.07) is 5.67. The minimum Gasteiger partial charge on any atom is -0.497 e. The minimum absolute atomic E-state index is 0.353. The molecule has 0 bridgehead atoms. The molecule has 1 aliphatic rings. The van der Waals surface area contributed by atoms with Crippen molar-refractivity contribution in [3.05, 3.63) is 23.8 Å². The van der Waals surface area contributed by atoms with Crippen LogP contribution >= 0.6 is 0 Å². The van der Waals surface area contributed by atoms with Crippen LogP contribution in [-0.4, -0.2) is 54.5 Å². The number of β-amino-alcohol motifs (C(OH)–C–C–N with tert-alkyl or cyclic N) is 1. The summed E-state index contributed by atoms with van der Waals surface area (Å²) < 4.78 is 10.6. The van der Waals surface area contributed by atoms with Gasteiger partial charge in [-0.1, -0.05) is 13.3 Å². The number of benzene rings is 1. The largest absolute Gasteiger partial charge is 0.497 e. The Bertz CT molecular complexity index is 554. The normalized spacial score (nSPS) is 24.6. The van der Waals surface area contributed by atoms with Crippen molar-refractivity contribution in [3.8, 4) is 11.5 Å². The van der Waals surface area contributed by atoms with Crippen molar-refractivity contribution in [2.75, 3.05) is 27.3 Å². The van der Waals surface area contributed by atoms with Crippen molar-refractivity contribution >= 4 is 5.97 Å². The number of rotatable bonds is 7. The number of ether oxygens (including phenoxy) is 2. The molecule has 1 saturated heterocycles. The van der Waals surface area contributed by atoms with Crippen LogP contribution in [-0.2, 0) is 11.3 Å². The first-order valence-electron chi connectivity index (χ1n) is 8.31. The van der Waals surface area contributed by atoms with E-state index in [1.165, 1.54) is 0 Å². The number of piperidine rings is 1. The van der Waals surface area contributed by atoms with Gasteiger partial charge in [0.15, 0.2) is 0 Å². The summed E-state index contributed by atoms with van der Waals surface area (Å²) in [6.07, 6.45) is 0.843. The SMILES string of the molecule is CCC[C@]1(C(=O)O)CCN(Cc2cc(OC)cc(OC)c2)CC1O. The number of likely N-dealkylation sites (tertiary alicyclic amines) is 1. The van der Waals surface area contributed by atoms with Crippen LogP contribution in [0.25, 0.3) is 0 Å². The van der Waals surface area contributed by atoms with Gasteiger partial charge in [0, 0.05) is 19.2 Å². The average molecular weight is 337 g/mol. The van der Waals surface area contributed by atoms with Crippen molar-refractivity contribution in [3.63, 3.8) is 0 Å². The number of carbonyl (C=O) groups is 1. The van der Waals surface area contributed by atoms with E-state index in [1.54, 1.807) is 14.2 Å². The van der Waals surface area contributed by atoms with Crippen LogP contribution < -0.4 is 9.47 Å². The second-order valence-corrected chi connectivity index (χ2v) is 6.43. The number of aliphatic hydroxyl groups is 1. The first-order chi connectivity index (χ1) is 11.4. The van der Waals surface area contributed by atoms with Gasteiger partial charge in [-0.15, -0.1) is 0 Å². The van der Waals surface area contributed by atoms with E-state index < -0.39 is 17.5 Å². The summed E-state index contributed by atoms with van der Waals surface area (Å²) in [5.74, 6) is 0.542. The lowest BCUT2D eigenvalue weighted by Crippen LogP contribution is -2.54.